The van der Waals surface area contributed by atoms with Crippen molar-refractivity contribution < 1.29 is 0 Å². The minimum atomic E-state index is 0.831. The van der Waals surface area contributed by atoms with Gasteiger partial charge in [-0.15, -0.1) is 11.3 Å². The maximum Gasteiger partial charge on any atom is 0.185 e. The van der Waals surface area contributed by atoms with Gasteiger partial charge in [-0.3, -0.25) is 0 Å². The van der Waals surface area contributed by atoms with E-state index in [2.05, 4.69) is 33.2 Å². The van der Waals surface area contributed by atoms with E-state index in [0.717, 1.165) is 43.4 Å². The molecule has 0 radical (unpaired) electrons. The Hall–Kier alpha value is -1.75. The van der Waals surface area contributed by atoms with Gasteiger partial charge in [0.2, 0.25) is 0 Å². The van der Waals surface area contributed by atoms with Gasteiger partial charge in [0, 0.05) is 42.9 Å². The van der Waals surface area contributed by atoms with Crippen molar-refractivity contribution >= 4 is 27.8 Å². The number of nitrogens with two attached hydrogens (primary N) is 1. The van der Waals surface area contributed by atoms with Crippen LogP contribution in [0.4, 0.5) is 16.5 Å². The van der Waals surface area contributed by atoms with Gasteiger partial charge < -0.3 is 15.5 Å². The molecule has 0 unspecified atom stereocenters. The van der Waals surface area contributed by atoms with Gasteiger partial charge in [0.05, 0.1) is 5.69 Å². The SMILES string of the molecule is CCc1csc(N2CCN(c3cccc(N)c3)CC2)n1. The number of hydrogen-bond acceptors (Lipinski definition) is 5. The first-order valence-electron chi connectivity index (χ1n) is 7.06. The molecule has 5 heteroatoms. The van der Waals surface area contributed by atoms with Gasteiger partial charge in [0.1, 0.15) is 0 Å². The minimum Gasteiger partial charge on any atom is -0.399 e. The summed E-state index contributed by atoms with van der Waals surface area (Å²) in [7, 11) is 0. The van der Waals surface area contributed by atoms with Gasteiger partial charge in [-0.1, -0.05) is 13.0 Å². The number of benzene rings is 1. The molecule has 1 aliphatic heterocycles. The van der Waals surface area contributed by atoms with E-state index in [-0.39, 0.29) is 0 Å². The number of nitrogens with zero attached hydrogens (tertiary/aromatic N) is 3. The Balaban J connectivity index is 1.64. The lowest BCUT2D eigenvalue weighted by atomic mass is 10.2. The van der Waals surface area contributed by atoms with Crippen LogP contribution in [0.5, 0.6) is 0 Å². The summed E-state index contributed by atoms with van der Waals surface area (Å²) in [5.74, 6) is 0. The van der Waals surface area contributed by atoms with Crippen molar-refractivity contribution in [3.63, 3.8) is 0 Å². The number of piperazine rings is 1. The van der Waals surface area contributed by atoms with Crippen LogP contribution in [0.15, 0.2) is 29.6 Å². The van der Waals surface area contributed by atoms with Gasteiger partial charge in [-0.25, -0.2) is 4.98 Å². The molecular weight excluding hydrogens is 268 g/mol. The summed E-state index contributed by atoms with van der Waals surface area (Å²) in [6.45, 7) is 6.22. The summed E-state index contributed by atoms with van der Waals surface area (Å²) >= 11 is 1.76. The Kier molecular flexibility index (Phi) is 3.78. The number of anilines is 3. The Morgan fingerprint density at radius 1 is 1.20 bits per heavy atom. The molecule has 0 spiro atoms. The molecule has 3 rings (SSSR count). The Morgan fingerprint density at radius 3 is 2.60 bits per heavy atom. The second-order valence-corrected chi connectivity index (χ2v) is 5.88. The third-order valence-corrected chi connectivity index (χ3v) is 4.64. The van der Waals surface area contributed by atoms with Crippen molar-refractivity contribution in [2.75, 3.05) is 41.7 Å². The fraction of sp³-hybridized carbons (Fsp3) is 0.400. The third kappa shape index (κ3) is 2.72. The van der Waals surface area contributed by atoms with Crippen LogP contribution in [-0.2, 0) is 6.42 Å². The Labute approximate surface area is 123 Å². The lowest BCUT2D eigenvalue weighted by Crippen LogP contribution is -2.46. The van der Waals surface area contributed by atoms with Crippen LogP contribution in [0.25, 0.3) is 0 Å². The monoisotopic (exact) mass is 288 g/mol. The average molecular weight is 288 g/mol. The van der Waals surface area contributed by atoms with Gasteiger partial charge >= 0.3 is 0 Å². The fourth-order valence-electron chi connectivity index (χ4n) is 2.48. The van der Waals surface area contributed by atoms with Crippen LogP contribution < -0.4 is 15.5 Å². The summed E-state index contributed by atoms with van der Waals surface area (Å²) in [6.07, 6.45) is 1.01. The topological polar surface area (TPSA) is 45.4 Å². The fourth-order valence-corrected chi connectivity index (χ4v) is 3.44. The summed E-state index contributed by atoms with van der Waals surface area (Å²) in [5, 5.41) is 3.33. The van der Waals surface area contributed by atoms with E-state index in [1.165, 1.54) is 11.4 Å². The summed E-state index contributed by atoms with van der Waals surface area (Å²) in [6, 6.07) is 8.13. The van der Waals surface area contributed by atoms with Crippen LogP contribution in [0, 0.1) is 0 Å². The largest absolute Gasteiger partial charge is 0.399 e. The lowest BCUT2D eigenvalue weighted by Gasteiger charge is -2.36. The number of rotatable bonds is 3. The maximum atomic E-state index is 5.86. The second-order valence-electron chi connectivity index (χ2n) is 5.04. The molecule has 0 bridgehead atoms. The third-order valence-electron chi connectivity index (χ3n) is 3.69. The zero-order chi connectivity index (χ0) is 13.9. The number of aromatic nitrogens is 1. The molecule has 4 nitrogen and oxygen atoms in total. The highest BCUT2D eigenvalue weighted by atomic mass is 32.1. The Morgan fingerprint density at radius 2 is 1.95 bits per heavy atom. The van der Waals surface area contributed by atoms with Crippen LogP contribution in [0.1, 0.15) is 12.6 Å². The molecule has 1 aliphatic rings. The Bertz CT molecular complexity index is 573. The molecule has 20 heavy (non-hydrogen) atoms. The molecule has 2 heterocycles. The van der Waals surface area contributed by atoms with Crippen LogP contribution in [0.3, 0.4) is 0 Å². The zero-order valence-corrected chi connectivity index (χ0v) is 12.6. The van der Waals surface area contributed by atoms with E-state index in [1.807, 2.05) is 18.2 Å². The first kappa shape index (κ1) is 13.2. The van der Waals surface area contributed by atoms with Crippen molar-refractivity contribution in [1.29, 1.82) is 0 Å². The van der Waals surface area contributed by atoms with E-state index in [0.29, 0.717) is 0 Å². The summed E-state index contributed by atoms with van der Waals surface area (Å²) in [4.78, 5) is 9.44. The quantitative estimate of drug-likeness (QED) is 0.882. The number of thiazole rings is 1. The van der Waals surface area contributed by atoms with Gasteiger partial charge in [-0.2, -0.15) is 0 Å². The van der Waals surface area contributed by atoms with Gasteiger partial charge in [0.25, 0.3) is 0 Å². The molecule has 2 aromatic rings. The average Bonchev–Trinajstić information content (AvgIpc) is 2.96. The van der Waals surface area contributed by atoms with Crippen molar-refractivity contribution in [3.05, 3.63) is 35.3 Å². The molecule has 0 aliphatic carbocycles. The molecular formula is C15H20N4S. The molecule has 0 amide bonds. The van der Waals surface area contributed by atoms with Crippen molar-refractivity contribution in [1.82, 2.24) is 4.98 Å². The smallest absolute Gasteiger partial charge is 0.185 e. The molecule has 1 aromatic heterocycles. The van der Waals surface area contributed by atoms with Crippen molar-refractivity contribution in [2.45, 2.75) is 13.3 Å². The molecule has 106 valence electrons. The molecule has 1 saturated heterocycles. The first-order valence-corrected chi connectivity index (χ1v) is 7.94. The van der Waals surface area contributed by atoms with E-state index in [9.17, 15) is 0 Å². The predicted octanol–water partition coefficient (Wildman–Crippen LogP) is 2.61. The lowest BCUT2D eigenvalue weighted by molar-refractivity contribution is 0.651. The van der Waals surface area contributed by atoms with Crippen molar-refractivity contribution in [3.8, 4) is 0 Å². The van der Waals surface area contributed by atoms with Gasteiger partial charge in [-0.05, 0) is 24.6 Å². The first-order chi connectivity index (χ1) is 9.76. The minimum absolute atomic E-state index is 0.831. The van der Waals surface area contributed by atoms with E-state index >= 15 is 0 Å². The second kappa shape index (κ2) is 5.71. The normalized spacial score (nSPS) is 15.7. The summed E-state index contributed by atoms with van der Waals surface area (Å²) < 4.78 is 0. The highest BCUT2D eigenvalue weighted by Crippen LogP contribution is 2.24. The van der Waals surface area contributed by atoms with Gasteiger partial charge in [0.15, 0.2) is 5.13 Å². The molecule has 2 N–H and O–H groups in total. The maximum absolute atomic E-state index is 5.86. The van der Waals surface area contributed by atoms with E-state index < -0.39 is 0 Å². The van der Waals surface area contributed by atoms with Crippen LogP contribution in [0.2, 0.25) is 0 Å². The van der Waals surface area contributed by atoms with Crippen LogP contribution >= 0.6 is 11.3 Å². The number of hydrogen-bond donors (Lipinski definition) is 1. The van der Waals surface area contributed by atoms with E-state index in [1.54, 1.807) is 11.3 Å². The molecule has 0 saturated carbocycles. The highest BCUT2D eigenvalue weighted by Gasteiger charge is 2.19. The molecule has 0 atom stereocenters. The molecule has 1 fully saturated rings. The summed E-state index contributed by atoms with van der Waals surface area (Å²) in [5.41, 5.74) is 9.11. The molecule has 1 aromatic carbocycles. The van der Waals surface area contributed by atoms with Crippen molar-refractivity contribution in [2.24, 2.45) is 0 Å². The highest BCUT2D eigenvalue weighted by molar-refractivity contribution is 7.13. The predicted molar refractivity (Wildman–Crippen MR) is 86.8 cm³/mol. The number of nitrogen functional groups attached to an aromatic ring is 1. The standard InChI is InChI=1S/C15H20N4S/c1-2-13-11-20-15(17-13)19-8-6-18(7-9-19)14-5-3-4-12(16)10-14/h3-5,10-11H,2,6-9,16H2,1H3. The zero-order valence-electron chi connectivity index (χ0n) is 11.7. The van der Waals surface area contributed by atoms with Crippen LogP contribution in [-0.4, -0.2) is 31.2 Å². The number of aryl methyl sites for hydroxylation is 1. The van der Waals surface area contributed by atoms with E-state index in [4.69, 9.17) is 5.73 Å².